The van der Waals surface area contributed by atoms with Gasteiger partial charge in [0.2, 0.25) is 0 Å². The van der Waals surface area contributed by atoms with Crippen LogP contribution in [0.5, 0.6) is 0 Å². The van der Waals surface area contributed by atoms with Crippen molar-refractivity contribution in [1.29, 1.82) is 0 Å². The van der Waals surface area contributed by atoms with Crippen LogP contribution in [0.1, 0.15) is 35.7 Å². The molecule has 0 spiro atoms. The van der Waals surface area contributed by atoms with Crippen molar-refractivity contribution in [2.75, 3.05) is 6.61 Å². The number of hydrogen-bond acceptors (Lipinski definition) is 4. The molecule has 22 heavy (non-hydrogen) atoms. The van der Waals surface area contributed by atoms with Gasteiger partial charge >= 0.3 is 11.9 Å². The Balaban J connectivity index is 2.04. The van der Waals surface area contributed by atoms with Crippen molar-refractivity contribution < 1.29 is 13.9 Å². The summed E-state index contributed by atoms with van der Waals surface area (Å²) in [6, 6.07) is 9.74. The van der Waals surface area contributed by atoms with E-state index in [1.165, 1.54) is 0 Å². The number of rotatable bonds is 4. The minimum Gasteiger partial charge on any atom is -0.459 e. The minimum atomic E-state index is -0.527. The number of ether oxygens (including phenoxy) is 1. The number of nitrogens with zero attached hydrogens (tertiary/aromatic N) is 1. The van der Waals surface area contributed by atoms with Crippen LogP contribution in [0.2, 0.25) is 0 Å². The summed E-state index contributed by atoms with van der Waals surface area (Å²) < 4.78 is 10.7. The zero-order valence-corrected chi connectivity index (χ0v) is 12.4. The summed E-state index contributed by atoms with van der Waals surface area (Å²) >= 11 is 0. The Kier molecular flexibility index (Phi) is 4.19. The molecule has 1 aromatic carbocycles. The largest absolute Gasteiger partial charge is 0.459 e. The van der Waals surface area contributed by atoms with Crippen LogP contribution in [-0.4, -0.2) is 17.6 Å². The lowest BCUT2D eigenvalue weighted by Gasteiger charge is -2.11. The first-order valence-corrected chi connectivity index (χ1v) is 7.36. The zero-order valence-electron chi connectivity index (χ0n) is 12.4. The predicted molar refractivity (Wildman–Crippen MR) is 83.5 cm³/mol. The highest BCUT2D eigenvalue weighted by molar-refractivity contribution is 5.85. The highest BCUT2D eigenvalue weighted by atomic mass is 16.5. The molecule has 0 saturated heterocycles. The molecule has 1 atom stereocenters. The van der Waals surface area contributed by atoms with Gasteiger partial charge in [0.15, 0.2) is 0 Å². The Morgan fingerprint density at radius 2 is 2.14 bits per heavy atom. The predicted octanol–water partition coefficient (Wildman–Crippen LogP) is 4.12. The second kappa shape index (κ2) is 6.43. The monoisotopic (exact) mass is 295 g/mol. The van der Waals surface area contributed by atoms with E-state index in [-0.39, 0.29) is 11.8 Å². The lowest BCUT2D eigenvalue weighted by molar-refractivity contribution is 0.0478. The van der Waals surface area contributed by atoms with Crippen LogP contribution < -0.4 is 0 Å². The standard InChI is InChI=1S/C18H17NO3/c1-2-21-18(20)17-19-15(13-9-5-3-6-10-13)16(22-17)14-11-7-4-8-12-14/h3-11,14H,2,12H2,1H3. The Bertz CT molecular complexity index is 713. The van der Waals surface area contributed by atoms with Crippen LogP contribution >= 0.6 is 0 Å². The average Bonchev–Trinajstić information content (AvgIpc) is 3.02. The normalized spacial score (nSPS) is 16.7. The Morgan fingerprint density at radius 1 is 1.32 bits per heavy atom. The van der Waals surface area contributed by atoms with E-state index in [4.69, 9.17) is 9.15 Å². The smallest absolute Gasteiger partial charge is 0.394 e. The molecular weight excluding hydrogens is 278 g/mol. The molecule has 0 radical (unpaired) electrons. The van der Waals surface area contributed by atoms with Crippen LogP contribution in [0.3, 0.4) is 0 Å². The lowest BCUT2D eigenvalue weighted by Crippen LogP contribution is -2.04. The Hall–Kier alpha value is -2.62. The summed E-state index contributed by atoms with van der Waals surface area (Å²) in [5.41, 5.74) is 1.63. The highest BCUT2D eigenvalue weighted by Gasteiger charge is 2.25. The molecular formula is C18H17NO3. The molecule has 2 aromatic rings. The zero-order chi connectivity index (χ0) is 15.4. The molecule has 4 heteroatoms. The maximum Gasteiger partial charge on any atom is 0.394 e. The van der Waals surface area contributed by atoms with Crippen LogP contribution in [-0.2, 0) is 4.74 Å². The molecule has 3 rings (SSSR count). The van der Waals surface area contributed by atoms with Gasteiger partial charge in [-0.1, -0.05) is 54.6 Å². The molecule has 1 heterocycles. The number of carbonyl (C=O) groups is 1. The van der Waals surface area contributed by atoms with Gasteiger partial charge in [-0.15, -0.1) is 0 Å². The number of carbonyl (C=O) groups excluding carboxylic acids is 1. The first kappa shape index (κ1) is 14.3. The van der Waals surface area contributed by atoms with Crippen LogP contribution in [0.25, 0.3) is 11.3 Å². The van der Waals surface area contributed by atoms with Gasteiger partial charge in [-0.3, -0.25) is 0 Å². The van der Waals surface area contributed by atoms with E-state index in [1.807, 2.05) is 42.5 Å². The third kappa shape index (κ3) is 2.86. The van der Waals surface area contributed by atoms with E-state index in [0.29, 0.717) is 18.1 Å². The van der Waals surface area contributed by atoms with Crippen molar-refractivity contribution in [3.8, 4) is 11.3 Å². The Morgan fingerprint density at radius 3 is 2.82 bits per heavy atom. The van der Waals surface area contributed by atoms with Crippen LogP contribution in [0.15, 0.2) is 59.1 Å². The van der Waals surface area contributed by atoms with E-state index >= 15 is 0 Å². The molecule has 112 valence electrons. The quantitative estimate of drug-likeness (QED) is 0.796. The maximum absolute atomic E-state index is 11.9. The third-order valence-electron chi connectivity index (χ3n) is 3.47. The van der Waals surface area contributed by atoms with Gasteiger partial charge < -0.3 is 9.15 Å². The van der Waals surface area contributed by atoms with Crippen molar-refractivity contribution >= 4 is 5.97 Å². The summed E-state index contributed by atoms with van der Waals surface area (Å²) in [7, 11) is 0. The summed E-state index contributed by atoms with van der Waals surface area (Å²) in [4.78, 5) is 16.3. The molecule has 0 saturated carbocycles. The molecule has 0 N–H and O–H groups in total. The summed E-state index contributed by atoms with van der Waals surface area (Å²) in [5, 5.41) is 0. The topological polar surface area (TPSA) is 52.3 Å². The molecule has 0 aliphatic heterocycles. The molecule has 1 aliphatic rings. The van der Waals surface area contributed by atoms with Crippen molar-refractivity contribution in [3.63, 3.8) is 0 Å². The van der Waals surface area contributed by atoms with E-state index in [1.54, 1.807) is 6.92 Å². The van der Waals surface area contributed by atoms with Gasteiger partial charge in [0, 0.05) is 11.5 Å². The van der Waals surface area contributed by atoms with Crippen molar-refractivity contribution in [1.82, 2.24) is 4.98 Å². The fourth-order valence-corrected chi connectivity index (χ4v) is 2.44. The van der Waals surface area contributed by atoms with Gasteiger partial charge in [-0.05, 0) is 13.3 Å². The first-order valence-electron chi connectivity index (χ1n) is 7.36. The molecule has 1 aliphatic carbocycles. The van der Waals surface area contributed by atoms with Crippen molar-refractivity contribution in [2.45, 2.75) is 19.3 Å². The minimum absolute atomic E-state index is 0.0126. The summed E-state index contributed by atoms with van der Waals surface area (Å²) in [6.07, 6.45) is 8.94. The van der Waals surface area contributed by atoms with Gasteiger partial charge in [0.05, 0.1) is 6.61 Å². The second-order valence-electron chi connectivity index (χ2n) is 4.97. The highest BCUT2D eigenvalue weighted by Crippen LogP contribution is 2.34. The van der Waals surface area contributed by atoms with E-state index < -0.39 is 5.97 Å². The number of aromatic nitrogens is 1. The van der Waals surface area contributed by atoms with Gasteiger partial charge in [0.1, 0.15) is 11.5 Å². The number of hydrogen-bond donors (Lipinski definition) is 0. The van der Waals surface area contributed by atoms with Crippen LogP contribution in [0, 0.1) is 0 Å². The molecule has 0 amide bonds. The first-order chi connectivity index (χ1) is 10.8. The summed E-state index contributed by atoms with van der Waals surface area (Å²) in [5.74, 6) is 0.269. The Labute approximate surface area is 129 Å². The second-order valence-corrected chi connectivity index (χ2v) is 4.97. The molecule has 4 nitrogen and oxygen atoms in total. The van der Waals surface area contributed by atoms with Gasteiger partial charge in [0.25, 0.3) is 0 Å². The lowest BCUT2D eigenvalue weighted by atomic mass is 9.95. The fourth-order valence-electron chi connectivity index (χ4n) is 2.44. The van der Waals surface area contributed by atoms with E-state index in [2.05, 4.69) is 17.1 Å². The molecule has 1 unspecified atom stereocenters. The van der Waals surface area contributed by atoms with E-state index in [0.717, 1.165) is 12.0 Å². The SMILES string of the molecule is CCOC(=O)c1nc(-c2ccccc2)c(C2C=CC=CC2)o1. The summed E-state index contributed by atoms with van der Waals surface area (Å²) in [6.45, 7) is 2.05. The van der Waals surface area contributed by atoms with E-state index in [9.17, 15) is 4.79 Å². The van der Waals surface area contributed by atoms with Gasteiger partial charge in [-0.25, -0.2) is 9.78 Å². The third-order valence-corrected chi connectivity index (χ3v) is 3.47. The van der Waals surface area contributed by atoms with Crippen LogP contribution in [0.4, 0.5) is 0 Å². The maximum atomic E-state index is 11.9. The molecule has 1 aromatic heterocycles. The number of benzene rings is 1. The van der Waals surface area contributed by atoms with Crippen molar-refractivity contribution in [3.05, 3.63) is 66.3 Å². The van der Waals surface area contributed by atoms with Crippen molar-refractivity contribution in [2.24, 2.45) is 0 Å². The van der Waals surface area contributed by atoms with Gasteiger partial charge in [-0.2, -0.15) is 0 Å². The average molecular weight is 295 g/mol. The molecule has 0 fully saturated rings. The number of allylic oxidation sites excluding steroid dienone is 4. The fraction of sp³-hybridized carbons (Fsp3) is 0.222. The number of esters is 1. The molecule has 0 bridgehead atoms. The number of oxazole rings is 1.